The molecule has 4 N–H and O–H groups in total. The van der Waals surface area contributed by atoms with Crippen LogP contribution in [0.1, 0.15) is 62.4 Å². The molecule has 8 nitrogen and oxygen atoms in total. The lowest BCUT2D eigenvalue weighted by Gasteiger charge is -2.24. The molecule has 1 unspecified atom stereocenters. The summed E-state index contributed by atoms with van der Waals surface area (Å²) in [6.45, 7) is 4.44. The average molecular weight is 456 g/mol. The molecule has 1 aromatic heterocycles. The maximum atomic E-state index is 12.5. The van der Waals surface area contributed by atoms with Gasteiger partial charge in [-0.15, -0.1) is 0 Å². The van der Waals surface area contributed by atoms with Crippen molar-refractivity contribution in [3.05, 3.63) is 53.3 Å². The summed E-state index contributed by atoms with van der Waals surface area (Å²) >= 11 is 0. The molecule has 0 saturated heterocycles. The molecule has 2 amide bonds. The summed E-state index contributed by atoms with van der Waals surface area (Å²) in [7, 11) is 1.90. The van der Waals surface area contributed by atoms with E-state index in [0.29, 0.717) is 25.5 Å². The minimum atomic E-state index is -0.938. The molecule has 1 saturated carbocycles. The highest BCUT2D eigenvalue weighted by Gasteiger charge is 2.25. The first kappa shape index (κ1) is 24.8. The van der Waals surface area contributed by atoms with Gasteiger partial charge in [-0.1, -0.05) is 30.3 Å². The van der Waals surface area contributed by atoms with Gasteiger partial charge in [0.05, 0.1) is 23.9 Å². The van der Waals surface area contributed by atoms with Crippen molar-refractivity contribution in [2.24, 2.45) is 18.7 Å². The number of carbonyl (C=O) groups is 2. The number of nitrogens with zero attached hydrogens (tertiary/aromatic N) is 2. The second-order valence-electron chi connectivity index (χ2n) is 9.54. The van der Waals surface area contributed by atoms with E-state index < -0.39 is 5.54 Å². The zero-order valence-corrected chi connectivity index (χ0v) is 20.0. The van der Waals surface area contributed by atoms with E-state index in [4.69, 9.17) is 10.5 Å². The summed E-state index contributed by atoms with van der Waals surface area (Å²) in [6, 6.07) is 9.83. The molecule has 1 aliphatic rings. The molecular weight excluding hydrogens is 418 g/mol. The molecule has 0 bridgehead atoms. The molecule has 1 fully saturated rings. The lowest BCUT2D eigenvalue weighted by Crippen LogP contribution is -2.50. The Labute approximate surface area is 196 Å². The molecule has 0 aliphatic heterocycles. The smallest absolute Gasteiger partial charge is 0.407 e. The number of hydrogen-bond acceptors (Lipinski definition) is 5. The van der Waals surface area contributed by atoms with Crippen LogP contribution in [0, 0.1) is 5.92 Å². The number of benzene rings is 1. The summed E-state index contributed by atoms with van der Waals surface area (Å²) in [5.41, 5.74) is 8.18. The Morgan fingerprint density at radius 1 is 1.24 bits per heavy atom. The molecule has 0 radical (unpaired) electrons. The SMILES string of the molecule is Cn1cc(CCOC(=O)NCC2CC2)c(CCCC(NC(=O)C(C)(C)N)c2ccccc2)n1. The second-order valence-corrected chi connectivity index (χ2v) is 9.54. The molecule has 180 valence electrons. The minimum absolute atomic E-state index is 0.118. The third-order valence-corrected chi connectivity index (χ3v) is 5.83. The number of carbonyl (C=O) groups excluding carboxylic acids is 2. The molecule has 3 rings (SSSR count). The third-order valence-electron chi connectivity index (χ3n) is 5.83. The van der Waals surface area contributed by atoms with E-state index >= 15 is 0 Å². The fraction of sp³-hybridized carbons (Fsp3) is 0.560. The highest BCUT2D eigenvalue weighted by molar-refractivity contribution is 5.85. The van der Waals surface area contributed by atoms with Gasteiger partial charge in [0.2, 0.25) is 5.91 Å². The van der Waals surface area contributed by atoms with Crippen molar-refractivity contribution in [2.45, 2.75) is 64.0 Å². The van der Waals surface area contributed by atoms with Crippen molar-refractivity contribution in [3.8, 4) is 0 Å². The number of ether oxygens (including phenoxy) is 1. The van der Waals surface area contributed by atoms with Crippen LogP contribution in [-0.2, 0) is 29.4 Å². The maximum Gasteiger partial charge on any atom is 0.407 e. The Morgan fingerprint density at radius 2 is 1.97 bits per heavy atom. The first-order valence-electron chi connectivity index (χ1n) is 11.8. The summed E-state index contributed by atoms with van der Waals surface area (Å²) in [6.07, 6.45) is 7.02. The lowest BCUT2D eigenvalue weighted by molar-refractivity contribution is -0.126. The van der Waals surface area contributed by atoms with Crippen LogP contribution in [0.25, 0.3) is 0 Å². The molecular formula is C25H37N5O3. The molecule has 1 aliphatic carbocycles. The summed E-state index contributed by atoms with van der Waals surface area (Å²) < 4.78 is 7.11. The van der Waals surface area contributed by atoms with Gasteiger partial charge >= 0.3 is 6.09 Å². The molecule has 33 heavy (non-hydrogen) atoms. The fourth-order valence-electron chi connectivity index (χ4n) is 3.68. The number of nitrogens with one attached hydrogen (secondary N) is 2. The zero-order chi connectivity index (χ0) is 23.8. The van der Waals surface area contributed by atoms with Crippen molar-refractivity contribution in [1.29, 1.82) is 0 Å². The van der Waals surface area contributed by atoms with Gasteiger partial charge in [-0.3, -0.25) is 9.48 Å². The number of amides is 2. The Kier molecular flexibility index (Phi) is 8.49. The molecule has 1 aromatic carbocycles. The second kappa shape index (κ2) is 11.3. The lowest BCUT2D eigenvalue weighted by atomic mass is 9.97. The highest BCUT2D eigenvalue weighted by atomic mass is 16.5. The van der Waals surface area contributed by atoms with Crippen LogP contribution in [0.4, 0.5) is 4.79 Å². The number of aromatic nitrogens is 2. The van der Waals surface area contributed by atoms with Crippen molar-refractivity contribution >= 4 is 12.0 Å². The number of nitrogens with two attached hydrogens (primary N) is 1. The Hall–Kier alpha value is -2.87. The van der Waals surface area contributed by atoms with Crippen LogP contribution in [0.15, 0.2) is 36.5 Å². The summed E-state index contributed by atoms with van der Waals surface area (Å²) in [5, 5.41) is 10.5. The van der Waals surface area contributed by atoms with E-state index in [1.165, 1.54) is 12.8 Å². The van der Waals surface area contributed by atoms with Crippen molar-refractivity contribution < 1.29 is 14.3 Å². The van der Waals surface area contributed by atoms with E-state index in [0.717, 1.165) is 36.1 Å². The van der Waals surface area contributed by atoms with Crippen molar-refractivity contribution in [1.82, 2.24) is 20.4 Å². The average Bonchev–Trinajstić information content (AvgIpc) is 3.53. The van der Waals surface area contributed by atoms with Crippen LogP contribution < -0.4 is 16.4 Å². The predicted octanol–water partition coefficient (Wildman–Crippen LogP) is 3.02. The van der Waals surface area contributed by atoms with Gasteiger partial charge in [0, 0.05) is 26.2 Å². The predicted molar refractivity (Wildman–Crippen MR) is 128 cm³/mol. The Bertz CT molecular complexity index is 916. The van der Waals surface area contributed by atoms with E-state index in [1.54, 1.807) is 18.5 Å². The summed E-state index contributed by atoms with van der Waals surface area (Å²) in [4.78, 5) is 24.3. The van der Waals surface area contributed by atoms with Gasteiger partial charge in [-0.25, -0.2) is 4.79 Å². The normalized spacial score (nSPS) is 14.5. The van der Waals surface area contributed by atoms with Crippen LogP contribution in [0.3, 0.4) is 0 Å². The monoisotopic (exact) mass is 455 g/mol. The minimum Gasteiger partial charge on any atom is -0.449 e. The largest absolute Gasteiger partial charge is 0.449 e. The quantitative estimate of drug-likeness (QED) is 0.456. The highest BCUT2D eigenvalue weighted by Crippen LogP contribution is 2.27. The number of hydrogen-bond donors (Lipinski definition) is 3. The zero-order valence-electron chi connectivity index (χ0n) is 20.0. The van der Waals surface area contributed by atoms with Gasteiger partial charge in [0.1, 0.15) is 0 Å². The molecule has 1 atom stereocenters. The number of alkyl carbamates (subject to hydrolysis) is 1. The number of rotatable bonds is 12. The molecule has 1 heterocycles. The van der Waals surface area contributed by atoms with Gasteiger partial charge in [-0.2, -0.15) is 5.10 Å². The fourth-order valence-corrected chi connectivity index (χ4v) is 3.68. The van der Waals surface area contributed by atoms with Crippen LogP contribution in [0.5, 0.6) is 0 Å². The van der Waals surface area contributed by atoms with Gasteiger partial charge in [0.15, 0.2) is 0 Å². The molecule has 8 heteroatoms. The maximum absolute atomic E-state index is 12.5. The van der Waals surface area contributed by atoms with E-state index in [1.807, 2.05) is 43.6 Å². The third kappa shape index (κ3) is 8.20. The molecule has 0 spiro atoms. The Morgan fingerprint density at radius 3 is 2.64 bits per heavy atom. The summed E-state index contributed by atoms with van der Waals surface area (Å²) in [5.74, 6) is 0.454. The van der Waals surface area contributed by atoms with Crippen LogP contribution in [0.2, 0.25) is 0 Å². The first-order valence-corrected chi connectivity index (χ1v) is 11.8. The Balaban J connectivity index is 1.52. The van der Waals surface area contributed by atoms with E-state index in [9.17, 15) is 9.59 Å². The van der Waals surface area contributed by atoms with Gasteiger partial charge in [0.25, 0.3) is 0 Å². The molecule has 2 aromatic rings. The number of aryl methyl sites for hydroxylation is 2. The topological polar surface area (TPSA) is 111 Å². The van der Waals surface area contributed by atoms with Crippen LogP contribution in [-0.4, -0.2) is 40.5 Å². The van der Waals surface area contributed by atoms with Gasteiger partial charge in [-0.05, 0) is 63.0 Å². The van der Waals surface area contributed by atoms with Crippen LogP contribution >= 0.6 is 0 Å². The van der Waals surface area contributed by atoms with Gasteiger partial charge < -0.3 is 21.1 Å². The van der Waals surface area contributed by atoms with Crippen molar-refractivity contribution in [3.63, 3.8) is 0 Å². The first-order chi connectivity index (χ1) is 15.7. The van der Waals surface area contributed by atoms with Crippen molar-refractivity contribution in [2.75, 3.05) is 13.2 Å². The van der Waals surface area contributed by atoms with E-state index in [-0.39, 0.29) is 18.0 Å². The van der Waals surface area contributed by atoms with E-state index in [2.05, 4.69) is 15.7 Å². The standard InChI is InChI=1S/C25H37N5O3/c1-25(2,26)23(31)28-21(19-8-5-4-6-9-19)10-7-11-22-20(17-30(3)29-22)14-15-33-24(32)27-16-18-12-13-18/h4-6,8-9,17-18,21H,7,10-16,26H2,1-3H3,(H,27,32)(H,28,31).